The van der Waals surface area contributed by atoms with Crippen LogP contribution < -0.4 is 11.1 Å². The molecule has 0 aliphatic heterocycles. The van der Waals surface area contributed by atoms with E-state index in [1.807, 2.05) is 42.5 Å². The zero-order chi connectivity index (χ0) is 15.4. The Bertz CT molecular complexity index is 652. The minimum Gasteiger partial charge on any atom is -0.329 e. The molecule has 0 saturated heterocycles. The molecule has 0 bridgehead atoms. The minimum atomic E-state index is -0.305. The Labute approximate surface area is 131 Å². The van der Waals surface area contributed by atoms with Crippen molar-refractivity contribution in [3.63, 3.8) is 0 Å². The summed E-state index contributed by atoms with van der Waals surface area (Å²) >= 11 is 0. The monoisotopic (exact) mass is 294 g/mol. The van der Waals surface area contributed by atoms with Crippen LogP contribution in [0.1, 0.15) is 35.4 Å². The first-order valence-corrected chi connectivity index (χ1v) is 7.96. The van der Waals surface area contributed by atoms with E-state index in [1.54, 1.807) is 0 Å². The summed E-state index contributed by atoms with van der Waals surface area (Å²) in [4.78, 5) is 12.6. The molecule has 1 amide bonds. The van der Waals surface area contributed by atoms with Gasteiger partial charge in [0, 0.05) is 12.2 Å². The van der Waals surface area contributed by atoms with E-state index >= 15 is 0 Å². The summed E-state index contributed by atoms with van der Waals surface area (Å²) in [7, 11) is 0. The molecule has 2 aromatic carbocycles. The molecule has 0 heterocycles. The number of carbonyl (C=O) groups excluding carboxylic acids is 1. The van der Waals surface area contributed by atoms with Crippen LogP contribution in [0.25, 0.3) is 0 Å². The van der Waals surface area contributed by atoms with Gasteiger partial charge >= 0.3 is 0 Å². The summed E-state index contributed by atoms with van der Waals surface area (Å²) in [6.07, 6.45) is 4.58. The topological polar surface area (TPSA) is 55.1 Å². The number of anilines is 1. The number of hydrogen-bond donors (Lipinski definition) is 2. The number of aryl methyl sites for hydroxylation is 1. The van der Waals surface area contributed by atoms with Crippen molar-refractivity contribution < 1.29 is 4.79 Å². The molecule has 0 fully saturated rings. The quantitative estimate of drug-likeness (QED) is 0.909. The van der Waals surface area contributed by atoms with E-state index in [9.17, 15) is 4.79 Å². The average molecular weight is 294 g/mol. The third-order valence-corrected chi connectivity index (χ3v) is 4.41. The van der Waals surface area contributed by atoms with Gasteiger partial charge in [0.05, 0.1) is 5.92 Å². The lowest BCUT2D eigenvalue weighted by Gasteiger charge is -2.21. The van der Waals surface area contributed by atoms with E-state index in [0.717, 1.165) is 24.1 Å². The van der Waals surface area contributed by atoms with E-state index < -0.39 is 0 Å². The number of hydrogen-bond acceptors (Lipinski definition) is 2. The van der Waals surface area contributed by atoms with Crippen molar-refractivity contribution in [1.82, 2.24) is 0 Å². The van der Waals surface area contributed by atoms with E-state index in [0.29, 0.717) is 6.54 Å². The van der Waals surface area contributed by atoms with Crippen LogP contribution in [0.3, 0.4) is 0 Å². The molecule has 22 heavy (non-hydrogen) atoms. The first-order valence-electron chi connectivity index (χ1n) is 7.96. The molecule has 0 saturated carbocycles. The van der Waals surface area contributed by atoms with Gasteiger partial charge in [-0.25, -0.2) is 0 Å². The van der Waals surface area contributed by atoms with Crippen molar-refractivity contribution in [2.45, 2.75) is 31.6 Å². The third kappa shape index (κ3) is 3.04. The van der Waals surface area contributed by atoms with Crippen LogP contribution in [0, 0.1) is 0 Å². The van der Waals surface area contributed by atoms with Crippen LogP contribution in [0.2, 0.25) is 0 Å². The molecule has 114 valence electrons. The summed E-state index contributed by atoms with van der Waals surface area (Å²) in [6.45, 7) is 0.310. The molecular formula is C19H22N2O. The number of fused-ring (bicyclic) bond motifs is 1. The zero-order valence-electron chi connectivity index (χ0n) is 12.7. The number of amides is 1. The summed E-state index contributed by atoms with van der Waals surface area (Å²) < 4.78 is 0. The van der Waals surface area contributed by atoms with E-state index in [-0.39, 0.29) is 11.8 Å². The second-order valence-corrected chi connectivity index (χ2v) is 5.84. The molecule has 3 nitrogen and oxygen atoms in total. The van der Waals surface area contributed by atoms with E-state index in [2.05, 4.69) is 11.4 Å². The Kier molecular flexibility index (Phi) is 4.54. The van der Waals surface area contributed by atoms with Crippen molar-refractivity contribution in [2.75, 3.05) is 11.9 Å². The van der Waals surface area contributed by atoms with Crippen molar-refractivity contribution in [2.24, 2.45) is 5.73 Å². The predicted molar refractivity (Wildman–Crippen MR) is 90.0 cm³/mol. The fourth-order valence-corrected chi connectivity index (χ4v) is 3.20. The zero-order valence-corrected chi connectivity index (χ0v) is 12.7. The van der Waals surface area contributed by atoms with E-state index in [1.165, 1.54) is 24.0 Å². The van der Waals surface area contributed by atoms with Gasteiger partial charge in [0.25, 0.3) is 0 Å². The minimum absolute atomic E-state index is 0.0207. The highest BCUT2D eigenvalue weighted by molar-refractivity contribution is 5.96. The van der Waals surface area contributed by atoms with Gasteiger partial charge < -0.3 is 11.1 Å². The van der Waals surface area contributed by atoms with Crippen molar-refractivity contribution in [1.29, 1.82) is 0 Å². The van der Waals surface area contributed by atoms with Crippen molar-refractivity contribution >= 4 is 11.6 Å². The number of carbonyl (C=O) groups is 1. The third-order valence-electron chi connectivity index (χ3n) is 4.41. The number of nitrogens with one attached hydrogen (secondary N) is 1. The van der Waals surface area contributed by atoms with Gasteiger partial charge in [-0.2, -0.15) is 0 Å². The highest BCUT2D eigenvalue weighted by Crippen LogP contribution is 2.28. The second-order valence-electron chi connectivity index (χ2n) is 5.84. The first kappa shape index (κ1) is 14.8. The van der Waals surface area contributed by atoms with Gasteiger partial charge in [-0.05, 0) is 48.4 Å². The Morgan fingerprint density at radius 2 is 1.82 bits per heavy atom. The molecule has 1 aliphatic carbocycles. The number of benzene rings is 2. The summed E-state index contributed by atoms with van der Waals surface area (Å²) in [5, 5.41) is 3.10. The molecule has 0 radical (unpaired) electrons. The maximum Gasteiger partial charge on any atom is 0.233 e. The van der Waals surface area contributed by atoms with Gasteiger partial charge in [-0.1, -0.05) is 42.5 Å². The van der Waals surface area contributed by atoms with Crippen LogP contribution in [0.5, 0.6) is 0 Å². The number of rotatable bonds is 4. The Morgan fingerprint density at radius 3 is 2.59 bits per heavy atom. The summed E-state index contributed by atoms with van der Waals surface area (Å²) in [5.41, 5.74) is 10.4. The van der Waals surface area contributed by atoms with Gasteiger partial charge in [-0.3, -0.25) is 4.79 Å². The molecule has 3 rings (SSSR count). The molecule has 1 unspecified atom stereocenters. The van der Waals surface area contributed by atoms with Crippen LogP contribution in [0.15, 0.2) is 48.5 Å². The Balaban J connectivity index is 1.82. The number of nitrogens with two attached hydrogens (primary N) is 1. The summed E-state index contributed by atoms with van der Waals surface area (Å²) in [6, 6.07) is 15.9. The Morgan fingerprint density at radius 1 is 1.05 bits per heavy atom. The van der Waals surface area contributed by atoms with Gasteiger partial charge in [0.15, 0.2) is 0 Å². The molecule has 3 heteroatoms. The largest absolute Gasteiger partial charge is 0.329 e. The predicted octanol–water partition coefficient (Wildman–Crippen LogP) is 3.25. The van der Waals surface area contributed by atoms with Crippen LogP contribution >= 0.6 is 0 Å². The lowest BCUT2D eigenvalue weighted by atomic mass is 9.90. The average Bonchev–Trinajstić information content (AvgIpc) is 2.57. The lowest BCUT2D eigenvalue weighted by molar-refractivity contribution is -0.117. The standard InChI is InChI=1S/C19H22N2O/c20-13-17(15-7-2-1-3-8-15)19(22)21-18-12-6-10-14-9-4-5-11-16(14)18/h1-3,6-8,10,12,17H,4-5,9,11,13,20H2,(H,21,22). The molecule has 0 spiro atoms. The molecular weight excluding hydrogens is 272 g/mol. The fraction of sp³-hybridized carbons (Fsp3) is 0.316. The maximum atomic E-state index is 12.6. The second kappa shape index (κ2) is 6.75. The van der Waals surface area contributed by atoms with E-state index in [4.69, 9.17) is 5.73 Å². The highest BCUT2D eigenvalue weighted by atomic mass is 16.1. The molecule has 3 N–H and O–H groups in total. The fourth-order valence-electron chi connectivity index (χ4n) is 3.20. The van der Waals surface area contributed by atoms with Crippen LogP contribution in [-0.4, -0.2) is 12.5 Å². The molecule has 2 aromatic rings. The van der Waals surface area contributed by atoms with Crippen LogP contribution in [-0.2, 0) is 17.6 Å². The Hall–Kier alpha value is -2.13. The smallest absolute Gasteiger partial charge is 0.233 e. The first-order chi connectivity index (χ1) is 10.8. The van der Waals surface area contributed by atoms with Crippen LogP contribution in [0.4, 0.5) is 5.69 Å². The SMILES string of the molecule is NCC(C(=O)Nc1cccc2c1CCCC2)c1ccccc1. The summed E-state index contributed by atoms with van der Waals surface area (Å²) in [5.74, 6) is -0.326. The maximum absolute atomic E-state index is 12.6. The molecule has 0 aromatic heterocycles. The highest BCUT2D eigenvalue weighted by Gasteiger charge is 2.21. The molecule has 1 aliphatic rings. The lowest BCUT2D eigenvalue weighted by Crippen LogP contribution is -2.28. The van der Waals surface area contributed by atoms with Crippen molar-refractivity contribution in [3.05, 3.63) is 65.2 Å². The van der Waals surface area contributed by atoms with Gasteiger partial charge in [-0.15, -0.1) is 0 Å². The molecule has 1 atom stereocenters. The van der Waals surface area contributed by atoms with Gasteiger partial charge in [0.1, 0.15) is 0 Å². The van der Waals surface area contributed by atoms with Crippen molar-refractivity contribution in [3.8, 4) is 0 Å². The normalized spacial score (nSPS) is 15.0. The van der Waals surface area contributed by atoms with Gasteiger partial charge in [0.2, 0.25) is 5.91 Å².